The number of aryl methyl sites for hydroxylation is 1. The summed E-state index contributed by atoms with van der Waals surface area (Å²) < 4.78 is 37.8. The number of rotatable bonds is 9. The molecular formula is C19H24N2O5S. The first-order valence-corrected chi connectivity index (χ1v) is 9.90. The molecule has 7 nitrogen and oxygen atoms in total. The van der Waals surface area contributed by atoms with Crippen LogP contribution in [0.5, 0.6) is 5.75 Å². The fourth-order valence-electron chi connectivity index (χ4n) is 2.40. The Hall–Kier alpha value is -2.58. The summed E-state index contributed by atoms with van der Waals surface area (Å²) in [5.74, 6) is 0.311. The molecule has 0 fully saturated rings. The molecule has 0 aliphatic rings. The van der Waals surface area contributed by atoms with E-state index in [4.69, 9.17) is 9.47 Å². The summed E-state index contributed by atoms with van der Waals surface area (Å²) >= 11 is 0. The Morgan fingerprint density at radius 1 is 1.07 bits per heavy atom. The number of benzene rings is 2. The van der Waals surface area contributed by atoms with Crippen molar-refractivity contribution in [2.24, 2.45) is 0 Å². The highest BCUT2D eigenvalue weighted by atomic mass is 32.2. The molecule has 0 aliphatic carbocycles. The summed E-state index contributed by atoms with van der Waals surface area (Å²) in [4.78, 5) is 12.4. The Morgan fingerprint density at radius 3 is 2.41 bits per heavy atom. The van der Waals surface area contributed by atoms with Crippen molar-refractivity contribution in [3.63, 3.8) is 0 Å². The minimum absolute atomic E-state index is 0.0194. The van der Waals surface area contributed by atoms with Gasteiger partial charge in [0.1, 0.15) is 5.75 Å². The number of ether oxygens (including phenoxy) is 2. The molecule has 2 aromatic rings. The van der Waals surface area contributed by atoms with Crippen LogP contribution in [0, 0.1) is 6.92 Å². The summed E-state index contributed by atoms with van der Waals surface area (Å²) in [5, 5.41) is 2.77. The number of carbonyl (C=O) groups is 1. The average Bonchev–Trinajstić information content (AvgIpc) is 2.65. The monoisotopic (exact) mass is 392 g/mol. The van der Waals surface area contributed by atoms with Crippen LogP contribution in [0.4, 0.5) is 5.69 Å². The van der Waals surface area contributed by atoms with E-state index >= 15 is 0 Å². The Balaban J connectivity index is 2.17. The van der Waals surface area contributed by atoms with Gasteiger partial charge in [0.2, 0.25) is 0 Å². The lowest BCUT2D eigenvalue weighted by Crippen LogP contribution is -2.26. The Labute approximate surface area is 159 Å². The van der Waals surface area contributed by atoms with Crippen LogP contribution in [0.15, 0.2) is 47.4 Å². The van der Waals surface area contributed by atoms with Gasteiger partial charge < -0.3 is 14.8 Å². The van der Waals surface area contributed by atoms with Crippen LogP contribution in [0.1, 0.15) is 22.3 Å². The van der Waals surface area contributed by atoms with E-state index in [0.29, 0.717) is 42.1 Å². The second kappa shape index (κ2) is 9.38. The maximum atomic E-state index is 12.7. The first-order chi connectivity index (χ1) is 12.9. The van der Waals surface area contributed by atoms with Crippen molar-refractivity contribution in [3.8, 4) is 5.75 Å². The maximum absolute atomic E-state index is 12.7. The number of carbonyl (C=O) groups excluding carboxylic acids is 1. The molecule has 0 atom stereocenters. The summed E-state index contributed by atoms with van der Waals surface area (Å²) in [7, 11) is -0.697. The number of amides is 1. The molecule has 0 saturated carbocycles. The zero-order valence-corrected chi connectivity index (χ0v) is 16.4. The molecule has 0 aliphatic heterocycles. The smallest absolute Gasteiger partial charge is 0.261 e. The van der Waals surface area contributed by atoms with Gasteiger partial charge in [0.15, 0.2) is 0 Å². The molecule has 0 heterocycles. The van der Waals surface area contributed by atoms with Crippen molar-refractivity contribution < 1.29 is 22.7 Å². The summed E-state index contributed by atoms with van der Waals surface area (Å²) in [5.41, 5.74) is 1.43. The Morgan fingerprint density at radius 2 is 1.78 bits per heavy atom. The molecule has 0 spiro atoms. The first kappa shape index (κ1) is 20.7. The number of hydrogen-bond acceptors (Lipinski definition) is 5. The lowest BCUT2D eigenvalue weighted by atomic mass is 10.1. The van der Waals surface area contributed by atoms with Crippen LogP contribution >= 0.6 is 0 Å². The molecule has 2 rings (SSSR count). The normalized spacial score (nSPS) is 11.1. The van der Waals surface area contributed by atoms with E-state index < -0.39 is 10.0 Å². The van der Waals surface area contributed by atoms with Gasteiger partial charge in [0.05, 0.1) is 12.0 Å². The van der Waals surface area contributed by atoms with Gasteiger partial charge in [-0.05, 0) is 55.3 Å². The van der Waals surface area contributed by atoms with Crippen molar-refractivity contribution in [2.45, 2.75) is 18.2 Å². The van der Waals surface area contributed by atoms with Gasteiger partial charge in [-0.2, -0.15) is 0 Å². The van der Waals surface area contributed by atoms with Crippen LogP contribution in [0.3, 0.4) is 0 Å². The molecule has 0 saturated heterocycles. The fourth-order valence-corrected chi connectivity index (χ4v) is 3.48. The lowest BCUT2D eigenvalue weighted by molar-refractivity contribution is 0.0948. The highest BCUT2D eigenvalue weighted by Gasteiger charge is 2.18. The SMILES string of the molecule is COCCCNC(=O)c1cc(S(=O)(=O)Nc2ccc(OC)cc2)ccc1C. The van der Waals surface area contributed by atoms with E-state index in [2.05, 4.69) is 10.0 Å². The number of hydrogen-bond donors (Lipinski definition) is 2. The molecule has 0 unspecified atom stereocenters. The van der Waals surface area contributed by atoms with Gasteiger partial charge in [-0.3, -0.25) is 9.52 Å². The van der Waals surface area contributed by atoms with Crippen molar-refractivity contribution in [2.75, 3.05) is 32.1 Å². The molecule has 2 N–H and O–H groups in total. The van der Waals surface area contributed by atoms with Gasteiger partial charge in [-0.15, -0.1) is 0 Å². The van der Waals surface area contributed by atoms with Gasteiger partial charge in [-0.1, -0.05) is 6.07 Å². The summed E-state index contributed by atoms with van der Waals surface area (Å²) in [6.07, 6.45) is 0.679. The van der Waals surface area contributed by atoms with Crippen LogP contribution in [0.25, 0.3) is 0 Å². The number of methoxy groups -OCH3 is 2. The van der Waals surface area contributed by atoms with Crippen molar-refractivity contribution >= 4 is 21.6 Å². The largest absolute Gasteiger partial charge is 0.497 e. The molecule has 8 heteroatoms. The van der Waals surface area contributed by atoms with Gasteiger partial charge in [0, 0.05) is 31.5 Å². The first-order valence-electron chi connectivity index (χ1n) is 8.42. The van der Waals surface area contributed by atoms with Crippen molar-refractivity contribution in [1.29, 1.82) is 0 Å². The second-order valence-corrected chi connectivity index (χ2v) is 7.60. The Kier molecular flexibility index (Phi) is 7.20. The Bertz CT molecular complexity index is 879. The van der Waals surface area contributed by atoms with Gasteiger partial charge in [-0.25, -0.2) is 8.42 Å². The standard InChI is InChI=1S/C19H24N2O5S/c1-14-5-10-17(13-18(14)19(22)20-11-4-12-25-2)27(23,24)21-15-6-8-16(26-3)9-7-15/h5-10,13,21H,4,11-12H2,1-3H3,(H,20,22). The van der Waals surface area contributed by atoms with E-state index in [1.807, 2.05) is 0 Å². The van der Waals surface area contributed by atoms with E-state index in [1.54, 1.807) is 44.4 Å². The highest BCUT2D eigenvalue weighted by molar-refractivity contribution is 7.92. The van der Waals surface area contributed by atoms with Crippen molar-refractivity contribution in [1.82, 2.24) is 5.32 Å². The quantitative estimate of drug-likeness (QED) is 0.640. The number of sulfonamides is 1. The molecule has 0 bridgehead atoms. The lowest BCUT2D eigenvalue weighted by Gasteiger charge is -2.12. The van der Waals surface area contributed by atoms with Crippen molar-refractivity contribution in [3.05, 3.63) is 53.6 Å². The van der Waals surface area contributed by atoms with E-state index in [9.17, 15) is 13.2 Å². The van der Waals surface area contributed by atoms with Crippen LogP contribution in [-0.4, -0.2) is 41.7 Å². The zero-order chi connectivity index (χ0) is 19.9. The molecule has 146 valence electrons. The van der Waals surface area contributed by atoms with E-state index in [1.165, 1.54) is 19.2 Å². The zero-order valence-electron chi connectivity index (χ0n) is 15.6. The second-order valence-electron chi connectivity index (χ2n) is 5.91. The van der Waals surface area contributed by atoms with Gasteiger partial charge >= 0.3 is 0 Å². The molecule has 0 aromatic heterocycles. The minimum Gasteiger partial charge on any atom is -0.497 e. The van der Waals surface area contributed by atoms with Crippen LogP contribution in [0.2, 0.25) is 0 Å². The molecule has 27 heavy (non-hydrogen) atoms. The molecule has 1 amide bonds. The third kappa shape index (κ3) is 5.70. The molecular weight excluding hydrogens is 368 g/mol. The topological polar surface area (TPSA) is 93.7 Å². The van der Waals surface area contributed by atoms with E-state index in [0.717, 1.165) is 0 Å². The fraction of sp³-hybridized carbons (Fsp3) is 0.316. The summed E-state index contributed by atoms with van der Waals surface area (Å²) in [6, 6.07) is 11.0. The van der Waals surface area contributed by atoms with E-state index in [-0.39, 0.29) is 10.8 Å². The number of nitrogens with one attached hydrogen (secondary N) is 2. The van der Waals surface area contributed by atoms with Crippen LogP contribution < -0.4 is 14.8 Å². The third-order valence-electron chi connectivity index (χ3n) is 3.92. The predicted molar refractivity (Wildman–Crippen MR) is 104 cm³/mol. The summed E-state index contributed by atoms with van der Waals surface area (Å²) in [6.45, 7) is 2.75. The molecule has 2 aromatic carbocycles. The van der Waals surface area contributed by atoms with Crippen LogP contribution in [-0.2, 0) is 14.8 Å². The van der Waals surface area contributed by atoms with Gasteiger partial charge in [0.25, 0.3) is 15.9 Å². The number of anilines is 1. The minimum atomic E-state index is -3.83. The third-order valence-corrected chi connectivity index (χ3v) is 5.30. The highest BCUT2D eigenvalue weighted by Crippen LogP contribution is 2.21. The average molecular weight is 392 g/mol. The maximum Gasteiger partial charge on any atom is 0.261 e. The predicted octanol–water partition coefficient (Wildman–Crippen LogP) is 2.57. The molecule has 0 radical (unpaired) electrons.